The highest BCUT2D eigenvalue weighted by atomic mass is 79.9. The van der Waals surface area contributed by atoms with Gasteiger partial charge in [0, 0.05) is 18.1 Å². The van der Waals surface area contributed by atoms with Gasteiger partial charge in [0.25, 0.3) is 17.5 Å². The second-order valence-electron chi connectivity index (χ2n) is 11.0. The molecule has 2 saturated heterocycles. The van der Waals surface area contributed by atoms with Gasteiger partial charge in [0.05, 0.1) is 42.1 Å². The summed E-state index contributed by atoms with van der Waals surface area (Å²) < 4.78 is 10.7. The number of amides is 4. The second-order valence-corrected chi connectivity index (χ2v) is 12.8. The number of halogens is 3. The van der Waals surface area contributed by atoms with Crippen molar-refractivity contribution in [2.45, 2.75) is 28.5 Å². The summed E-state index contributed by atoms with van der Waals surface area (Å²) in [5.74, 6) is -6.45. The van der Waals surface area contributed by atoms with Gasteiger partial charge in [-0.1, -0.05) is 27.6 Å². The first-order chi connectivity index (χ1) is 20.8. The van der Waals surface area contributed by atoms with Crippen molar-refractivity contribution in [2.75, 3.05) is 24.6 Å². The van der Waals surface area contributed by atoms with Crippen LogP contribution in [0, 0.1) is 27.9 Å². The fourth-order valence-electron chi connectivity index (χ4n) is 7.19. The van der Waals surface area contributed by atoms with Gasteiger partial charge in [-0.3, -0.25) is 39.1 Å². The van der Waals surface area contributed by atoms with Crippen molar-refractivity contribution in [2.24, 2.45) is 17.8 Å². The van der Waals surface area contributed by atoms with Gasteiger partial charge in [0.15, 0.2) is 21.2 Å². The van der Waals surface area contributed by atoms with Crippen LogP contribution in [0.1, 0.15) is 24.3 Å². The molecule has 3 fully saturated rings. The summed E-state index contributed by atoms with van der Waals surface area (Å²) in [6.45, 7) is 0. The fraction of sp³-hybridized carbons (Fsp3) is 0.379. The third kappa shape index (κ3) is 3.88. The Labute approximate surface area is 268 Å². The number of imide groups is 2. The standard InChI is InChI=1S/C29H24BrCl2N3O9/c1-43-19-9-13(10-20(44-2)23(19)36)22-16-7-8-17-21(18(16)11-28(31)26(39)33(12-30)27(40)29(22,28)32)25(38)34(24(17)37)14-3-5-15(6-4-14)35(41)42/h3-7,9-10,17-18,21-22,36H,8,11-12H2,1-2H3/t17-,18+,21-,22-,28+,29-/m0/s1. The van der Waals surface area contributed by atoms with Gasteiger partial charge < -0.3 is 14.6 Å². The minimum atomic E-state index is -2.05. The molecule has 2 heterocycles. The minimum absolute atomic E-state index is 0.0155. The predicted octanol–water partition coefficient (Wildman–Crippen LogP) is 4.23. The Balaban J connectivity index is 1.52. The lowest BCUT2D eigenvalue weighted by molar-refractivity contribution is -0.384. The quantitative estimate of drug-likeness (QED) is 0.116. The number of nitro benzene ring substituents is 1. The number of phenolic OH excluding ortho intramolecular Hbond substituents is 1. The molecule has 0 spiro atoms. The number of non-ortho nitro benzene ring substituents is 1. The van der Waals surface area contributed by atoms with Gasteiger partial charge in [-0.2, -0.15) is 0 Å². The van der Waals surface area contributed by atoms with Crippen LogP contribution in [0.25, 0.3) is 0 Å². The van der Waals surface area contributed by atoms with Crippen molar-refractivity contribution in [3.05, 3.63) is 63.7 Å². The zero-order valence-corrected chi connectivity index (χ0v) is 26.3. The van der Waals surface area contributed by atoms with E-state index in [4.69, 9.17) is 32.7 Å². The summed E-state index contributed by atoms with van der Waals surface area (Å²) in [5.41, 5.74) is 0.673. The van der Waals surface area contributed by atoms with Crippen molar-refractivity contribution >= 4 is 74.1 Å². The summed E-state index contributed by atoms with van der Waals surface area (Å²) in [7, 11) is 2.67. The number of phenols is 1. The molecule has 2 aliphatic heterocycles. The van der Waals surface area contributed by atoms with E-state index in [1.54, 1.807) is 6.08 Å². The Hall–Kier alpha value is -3.68. The number of carbonyl (C=O) groups is 4. The maximum atomic E-state index is 14.1. The van der Waals surface area contributed by atoms with Crippen LogP contribution in [0.2, 0.25) is 0 Å². The highest BCUT2D eigenvalue weighted by Crippen LogP contribution is 2.66. The molecular weight excluding hydrogens is 685 g/mol. The van der Waals surface area contributed by atoms with Gasteiger partial charge in [-0.05, 0) is 48.6 Å². The number of methoxy groups -OCH3 is 2. The van der Waals surface area contributed by atoms with Gasteiger partial charge in [-0.25, -0.2) is 0 Å². The number of aromatic hydroxyl groups is 1. The SMILES string of the molecule is COc1cc([C@H]2C3=CC[C@@H]4C(=O)N(c5ccc([N+](=O)[O-])cc5)C(=O)[C@@H]4[C@@H]3C[C@@]3(Cl)C(=O)N(CBr)C(=O)[C@@]23Cl)cc(OC)c1O. The average molecular weight is 709 g/mol. The number of hydrogen-bond donors (Lipinski definition) is 1. The Bertz CT molecular complexity index is 1660. The third-order valence-corrected chi connectivity index (χ3v) is 11.1. The highest BCUT2D eigenvalue weighted by molar-refractivity contribution is 9.09. The summed E-state index contributed by atoms with van der Waals surface area (Å²) in [6.07, 6.45) is 1.68. The van der Waals surface area contributed by atoms with Crippen LogP contribution in [-0.4, -0.2) is 68.0 Å². The lowest BCUT2D eigenvalue weighted by Gasteiger charge is -2.50. The lowest BCUT2D eigenvalue weighted by atomic mass is 9.56. The number of ether oxygens (including phenoxy) is 2. The van der Waals surface area contributed by atoms with E-state index in [-0.39, 0.29) is 46.9 Å². The number of nitro groups is 1. The van der Waals surface area contributed by atoms with Crippen molar-refractivity contribution in [1.82, 2.24) is 4.90 Å². The van der Waals surface area contributed by atoms with Crippen LogP contribution in [0.4, 0.5) is 11.4 Å². The normalized spacial score (nSPS) is 31.0. The van der Waals surface area contributed by atoms with E-state index >= 15 is 0 Å². The first kappa shape index (κ1) is 30.4. The molecular formula is C29H24BrCl2N3O9. The summed E-state index contributed by atoms with van der Waals surface area (Å²) in [4.78, 5) is 63.9. The molecule has 0 aromatic heterocycles. The van der Waals surface area contributed by atoms with Crippen LogP contribution in [0.3, 0.4) is 0 Å². The predicted molar refractivity (Wildman–Crippen MR) is 160 cm³/mol. The number of hydrogen-bond acceptors (Lipinski definition) is 9. The molecule has 1 N–H and O–H groups in total. The second kappa shape index (κ2) is 10.5. The minimum Gasteiger partial charge on any atom is -0.502 e. The molecule has 0 radical (unpaired) electrons. The largest absolute Gasteiger partial charge is 0.502 e. The van der Waals surface area contributed by atoms with Crippen molar-refractivity contribution in [1.29, 1.82) is 0 Å². The molecule has 0 bridgehead atoms. The molecule has 6 atom stereocenters. The molecule has 2 aliphatic carbocycles. The monoisotopic (exact) mass is 707 g/mol. The molecule has 2 aromatic rings. The molecule has 1 saturated carbocycles. The smallest absolute Gasteiger partial charge is 0.269 e. The first-order valence-corrected chi connectivity index (χ1v) is 15.3. The number of allylic oxidation sites excluding steroid dienone is 2. The number of likely N-dealkylation sites (tertiary alicyclic amines) is 1. The third-order valence-electron chi connectivity index (χ3n) is 9.17. The molecule has 44 heavy (non-hydrogen) atoms. The summed E-state index contributed by atoms with van der Waals surface area (Å²) >= 11 is 17.7. The van der Waals surface area contributed by atoms with Crippen molar-refractivity contribution in [3.8, 4) is 17.2 Å². The average Bonchev–Trinajstić information content (AvgIpc) is 3.34. The van der Waals surface area contributed by atoms with E-state index < -0.39 is 62.0 Å². The number of alkyl halides is 3. The molecule has 2 aromatic carbocycles. The van der Waals surface area contributed by atoms with E-state index in [0.29, 0.717) is 11.1 Å². The number of nitrogens with zero attached hydrogens (tertiary/aromatic N) is 3. The van der Waals surface area contributed by atoms with E-state index in [9.17, 15) is 34.4 Å². The molecule has 230 valence electrons. The molecule has 15 heteroatoms. The fourth-order valence-corrected chi connectivity index (χ4v) is 8.61. The number of fused-ring (bicyclic) bond motifs is 4. The number of anilines is 1. The molecule has 4 amide bonds. The first-order valence-electron chi connectivity index (χ1n) is 13.4. The Morgan fingerprint density at radius 3 is 2.18 bits per heavy atom. The van der Waals surface area contributed by atoms with Gasteiger partial charge in [0.2, 0.25) is 17.6 Å². The van der Waals surface area contributed by atoms with Crippen LogP contribution in [-0.2, 0) is 19.2 Å². The van der Waals surface area contributed by atoms with E-state index in [2.05, 4.69) is 15.9 Å². The molecule has 0 unspecified atom stereocenters. The van der Waals surface area contributed by atoms with E-state index in [1.807, 2.05) is 0 Å². The Morgan fingerprint density at radius 2 is 1.64 bits per heavy atom. The van der Waals surface area contributed by atoms with Crippen LogP contribution < -0.4 is 14.4 Å². The zero-order chi connectivity index (χ0) is 31.9. The van der Waals surface area contributed by atoms with Crippen LogP contribution >= 0.6 is 39.1 Å². The maximum absolute atomic E-state index is 14.1. The highest BCUT2D eigenvalue weighted by Gasteiger charge is 2.76. The maximum Gasteiger partial charge on any atom is 0.269 e. The van der Waals surface area contributed by atoms with E-state index in [1.165, 1.54) is 50.6 Å². The van der Waals surface area contributed by atoms with Gasteiger partial charge >= 0.3 is 0 Å². The Morgan fingerprint density at radius 1 is 1.02 bits per heavy atom. The van der Waals surface area contributed by atoms with Gasteiger partial charge in [0.1, 0.15) is 0 Å². The van der Waals surface area contributed by atoms with E-state index in [0.717, 1.165) is 9.80 Å². The summed E-state index contributed by atoms with van der Waals surface area (Å²) in [5, 5.41) is 21.8. The molecule has 4 aliphatic rings. The zero-order valence-electron chi connectivity index (χ0n) is 23.2. The Kier molecular flexibility index (Phi) is 7.21. The summed E-state index contributed by atoms with van der Waals surface area (Å²) in [6, 6.07) is 8.02. The van der Waals surface area contributed by atoms with Crippen LogP contribution in [0.5, 0.6) is 17.2 Å². The van der Waals surface area contributed by atoms with Crippen molar-refractivity contribution < 1.29 is 38.7 Å². The van der Waals surface area contributed by atoms with Crippen LogP contribution in [0.15, 0.2) is 48.0 Å². The molecule has 6 rings (SSSR count). The topological polar surface area (TPSA) is 157 Å². The molecule has 12 nitrogen and oxygen atoms in total. The number of rotatable bonds is 6. The number of carbonyl (C=O) groups excluding carboxylic acids is 4. The number of benzene rings is 2. The van der Waals surface area contributed by atoms with Gasteiger partial charge in [-0.15, -0.1) is 23.2 Å². The van der Waals surface area contributed by atoms with Crippen molar-refractivity contribution in [3.63, 3.8) is 0 Å². The lowest BCUT2D eigenvalue weighted by Crippen LogP contribution is -2.60.